The minimum absolute atomic E-state index is 0.0197. The Balaban J connectivity index is 0. The molecule has 0 spiro atoms. The maximum atomic E-state index is 10.4. The van der Waals surface area contributed by atoms with Gasteiger partial charge >= 0.3 is 5.97 Å². The van der Waals surface area contributed by atoms with Gasteiger partial charge in [-0.05, 0) is 27.9 Å². The Labute approximate surface area is 114 Å². The van der Waals surface area contributed by atoms with Gasteiger partial charge in [-0.1, -0.05) is 6.58 Å². The van der Waals surface area contributed by atoms with Gasteiger partial charge in [0.1, 0.15) is 0 Å². The van der Waals surface area contributed by atoms with E-state index in [9.17, 15) is 13.2 Å². The van der Waals surface area contributed by atoms with Crippen LogP contribution in [-0.2, 0) is 19.6 Å². The molecule has 0 heterocycles. The molecule has 0 aromatic rings. The molecule has 1 atom stereocenters. The normalized spacial score (nSPS) is 12.4. The third kappa shape index (κ3) is 13.3. The third-order valence-electron chi connectivity index (χ3n) is 1.79. The fraction of sp³-hybridized carbons (Fsp3) is 0.727. The monoisotopic (exact) mass is 297 g/mol. The van der Waals surface area contributed by atoms with Crippen molar-refractivity contribution < 1.29 is 27.6 Å². The van der Waals surface area contributed by atoms with E-state index in [0.29, 0.717) is 18.7 Å². The van der Waals surface area contributed by atoms with Gasteiger partial charge in [0, 0.05) is 18.5 Å². The number of aliphatic hydroxyl groups is 1. The van der Waals surface area contributed by atoms with Crippen LogP contribution in [0.5, 0.6) is 0 Å². The van der Waals surface area contributed by atoms with Gasteiger partial charge in [0.15, 0.2) is 5.44 Å². The smallest absolute Gasteiger partial charge is 0.333 e. The molecule has 0 aliphatic carbocycles. The first-order chi connectivity index (χ1) is 8.52. The average Bonchev–Trinajstić information content (AvgIpc) is 2.25. The Morgan fingerprint density at radius 3 is 2.11 bits per heavy atom. The molecule has 19 heavy (non-hydrogen) atoms. The lowest BCUT2D eigenvalue weighted by atomic mass is 10.4. The summed E-state index contributed by atoms with van der Waals surface area (Å²) >= 11 is 0. The van der Waals surface area contributed by atoms with Crippen LogP contribution in [0.25, 0.3) is 0 Å². The molecule has 2 N–H and O–H groups in total. The first-order valence-electron chi connectivity index (χ1n) is 5.64. The fourth-order valence-electron chi connectivity index (χ4n) is 0.772. The van der Waals surface area contributed by atoms with Crippen molar-refractivity contribution in [1.29, 1.82) is 0 Å². The summed E-state index contributed by atoms with van der Waals surface area (Å²) in [6.07, 6.45) is 0.0197. The van der Waals surface area contributed by atoms with Crippen LogP contribution in [0.4, 0.5) is 0 Å². The first kappa shape index (κ1) is 20.4. The van der Waals surface area contributed by atoms with Gasteiger partial charge in [0.05, 0.1) is 6.61 Å². The topological polar surface area (TPSA) is 104 Å². The number of nitrogens with zero attached hydrogens (tertiary/aromatic N) is 1. The lowest BCUT2D eigenvalue weighted by Crippen LogP contribution is -2.25. The van der Waals surface area contributed by atoms with Crippen LogP contribution in [0, 0.1) is 0 Å². The van der Waals surface area contributed by atoms with Crippen LogP contribution >= 0.6 is 0 Å². The number of esters is 1. The Morgan fingerprint density at radius 1 is 1.42 bits per heavy atom. The highest BCUT2D eigenvalue weighted by Crippen LogP contribution is 1.99. The number of carbonyl (C=O) groups is 1. The van der Waals surface area contributed by atoms with E-state index >= 15 is 0 Å². The van der Waals surface area contributed by atoms with E-state index in [1.165, 1.54) is 0 Å². The second kappa shape index (κ2) is 9.90. The van der Waals surface area contributed by atoms with Crippen LogP contribution in [0.2, 0.25) is 0 Å². The van der Waals surface area contributed by atoms with E-state index in [0.717, 1.165) is 0 Å². The van der Waals surface area contributed by atoms with Crippen molar-refractivity contribution >= 4 is 16.1 Å². The molecule has 0 aliphatic rings. The van der Waals surface area contributed by atoms with Gasteiger partial charge in [-0.25, -0.2) is 4.79 Å². The summed E-state index contributed by atoms with van der Waals surface area (Å²) in [7, 11) is -0.776. The van der Waals surface area contributed by atoms with Crippen LogP contribution < -0.4 is 0 Å². The van der Waals surface area contributed by atoms with Crippen LogP contribution in [0.15, 0.2) is 12.2 Å². The van der Waals surface area contributed by atoms with Gasteiger partial charge < -0.3 is 14.7 Å². The summed E-state index contributed by atoms with van der Waals surface area (Å²) in [5, 5.41) is 8.77. The second-order valence-electron chi connectivity index (χ2n) is 4.06. The van der Waals surface area contributed by atoms with Crippen LogP contribution in [0.1, 0.15) is 20.3 Å². The second-order valence-corrected chi connectivity index (χ2v) is 5.64. The highest BCUT2D eigenvalue weighted by molar-refractivity contribution is 7.86. The summed E-state index contributed by atoms with van der Waals surface area (Å²) in [4.78, 5) is 12.1. The predicted octanol–water partition coefficient (Wildman–Crippen LogP) is 0.270. The number of hydrogen-bond acceptors (Lipinski definition) is 6. The summed E-state index contributed by atoms with van der Waals surface area (Å²) in [6, 6.07) is 0. The Kier molecular flexibility index (Phi) is 10.6. The molecular weight excluding hydrogens is 274 g/mol. The molecule has 0 amide bonds. The van der Waals surface area contributed by atoms with Crippen molar-refractivity contribution in [3.05, 3.63) is 12.2 Å². The number of aliphatic hydroxyl groups excluding tert-OH is 1. The van der Waals surface area contributed by atoms with Crippen molar-refractivity contribution in [2.24, 2.45) is 0 Å². The van der Waals surface area contributed by atoms with E-state index in [1.54, 1.807) is 32.8 Å². The molecule has 0 aliphatic heterocycles. The van der Waals surface area contributed by atoms with E-state index in [4.69, 9.17) is 9.66 Å². The van der Waals surface area contributed by atoms with Gasteiger partial charge in [0.2, 0.25) is 0 Å². The molecule has 0 saturated heterocycles. The predicted molar refractivity (Wildman–Crippen MR) is 72.2 cm³/mol. The zero-order valence-corrected chi connectivity index (χ0v) is 12.6. The van der Waals surface area contributed by atoms with E-state index in [-0.39, 0.29) is 12.4 Å². The Bertz CT molecular complexity index is 377. The molecule has 1 unspecified atom stereocenters. The summed E-state index contributed by atoms with van der Waals surface area (Å²) in [5.74, 6) is -0.312. The van der Waals surface area contributed by atoms with E-state index in [1.807, 2.05) is 0 Å². The molecule has 0 saturated carbocycles. The van der Waals surface area contributed by atoms with Crippen molar-refractivity contribution in [2.45, 2.75) is 25.7 Å². The van der Waals surface area contributed by atoms with Gasteiger partial charge in [0.25, 0.3) is 10.1 Å². The molecule has 8 heteroatoms. The third-order valence-corrected chi connectivity index (χ3v) is 2.71. The average molecular weight is 297 g/mol. The van der Waals surface area contributed by atoms with E-state index < -0.39 is 15.6 Å². The number of carbonyl (C=O) groups excluding carboxylic acids is 1. The van der Waals surface area contributed by atoms with Crippen molar-refractivity contribution in [3.8, 4) is 0 Å². The first-order valence-corrected chi connectivity index (χ1v) is 7.14. The van der Waals surface area contributed by atoms with Crippen molar-refractivity contribution in [2.75, 3.05) is 27.2 Å². The molecule has 7 nitrogen and oxygen atoms in total. The van der Waals surface area contributed by atoms with Crippen LogP contribution in [0.3, 0.4) is 0 Å². The fourth-order valence-corrected chi connectivity index (χ4v) is 1.18. The summed E-state index contributed by atoms with van der Waals surface area (Å²) in [6.45, 7) is 7.63. The van der Waals surface area contributed by atoms with Gasteiger partial charge in [-0.2, -0.15) is 8.42 Å². The zero-order chi connectivity index (χ0) is 15.6. The molecule has 0 bridgehead atoms. The molecular formula is C11H23NO6S. The number of rotatable bonds is 6. The Hall–Kier alpha value is -0.960. The lowest BCUT2D eigenvalue weighted by Gasteiger charge is -2.11. The highest BCUT2D eigenvalue weighted by Gasteiger charge is 2.18. The molecule has 0 fully saturated rings. The van der Waals surface area contributed by atoms with E-state index in [2.05, 4.69) is 11.3 Å². The molecule has 114 valence electrons. The SMILES string of the molecule is C=C(C)C(=O)OCC.CN(C)CCC(O)S(=O)(=O)O. The molecule has 0 aromatic carbocycles. The zero-order valence-electron chi connectivity index (χ0n) is 11.8. The molecule has 0 aromatic heterocycles. The standard InChI is InChI=1S/C6H10O2.C5H13NO4S/c1-4-8-6(7)5(2)3;1-6(2)4-3-5(7)11(8,9)10/h2,4H2,1,3H3;5,7H,3-4H2,1-2H3,(H,8,9,10). The quantitative estimate of drug-likeness (QED) is 0.412. The molecule has 0 radical (unpaired) electrons. The molecule has 0 rings (SSSR count). The number of ether oxygens (including phenoxy) is 1. The minimum Gasteiger partial charge on any atom is -0.463 e. The van der Waals surface area contributed by atoms with Crippen molar-refractivity contribution in [3.63, 3.8) is 0 Å². The van der Waals surface area contributed by atoms with Crippen LogP contribution in [-0.4, -0.2) is 61.6 Å². The Morgan fingerprint density at radius 2 is 1.89 bits per heavy atom. The minimum atomic E-state index is -4.27. The largest absolute Gasteiger partial charge is 0.463 e. The lowest BCUT2D eigenvalue weighted by molar-refractivity contribution is -0.138. The van der Waals surface area contributed by atoms with Gasteiger partial charge in [-0.3, -0.25) is 4.55 Å². The van der Waals surface area contributed by atoms with Crippen molar-refractivity contribution in [1.82, 2.24) is 4.90 Å². The van der Waals surface area contributed by atoms with Gasteiger partial charge in [-0.15, -0.1) is 0 Å². The summed E-state index contributed by atoms with van der Waals surface area (Å²) in [5.41, 5.74) is -1.21. The number of hydrogen-bond donors (Lipinski definition) is 2. The maximum absolute atomic E-state index is 10.4. The maximum Gasteiger partial charge on any atom is 0.333 e. The summed E-state index contributed by atoms with van der Waals surface area (Å²) < 4.78 is 33.3. The highest BCUT2D eigenvalue weighted by atomic mass is 32.2.